The summed E-state index contributed by atoms with van der Waals surface area (Å²) < 4.78 is 66.9. The van der Waals surface area contributed by atoms with Gasteiger partial charge in [-0.2, -0.15) is 0 Å². The highest BCUT2D eigenvalue weighted by Gasteiger charge is 2.41. The number of aromatic amines is 1. The normalized spacial score (nSPS) is 16.6. The fourth-order valence-electron chi connectivity index (χ4n) is 3.98. The minimum atomic E-state index is -3.16. The lowest BCUT2D eigenvalue weighted by molar-refractivity contribution is 0.0616. The van der Waals surface area contributed by atoms with E-state index in [1.807, 2.05) is 0 Å². The van der Waals surface area contributed by atoms with Crippen LogP contribution in [0, 0.1) is 5.82 Å². The second-order valence-corrected chi connectivity index (χ2v) is 8.23. The number of carbonyl (C=O) groups excluding carboxylic acids is 1. The molecule has 4 aromatic rings. The summed E-state index contributed by atoms with van der Waals surface area (Å²) in [5, 5.41) is 0.467. The van der Waals surface area contributed by atoms with Crippen LogP contribution in [0.25, 0.3) is 11.0 Å². The van der Waals surface area contributed by atoms with Gasteiger partial charge in [-0.3, -0.25) is 4.79 Å². The molecule has 1 aromatic carbocycles. The van der Waals surface area contributed by atoms with Crippen molar-refractivity contribution in [3.8, 4) is 0 Å². The van der Waals surface area contributed by atoms with Crippen LogP contribution < -0.4 is 0 Å². The summed E-state index contributed by atoms with van der Waals surface area (Å²) in [6, 6.07) is 5.02. The fourth-order valence-corrected chi connectivity index (χ4v) is 3.98. The molecular formula is C22H18F4N4O3. The summed E-state index contributed by atoms with van der Waals surface area (Å²) >= 11 is 0. The molecule has 0 saturated heterocycles. The standard InChI is InChI=1S/C22H18F4N4O3/c1-22(2,26)21-29-15(19(24)25)18(33-21)20(31)30-7-6-12-14(28-9-27-12)16(30)13-8-10-4-3-5-11(23)17(10)32-13/h3-5,8-9,16,19H,6-7H2,1-2H3,(H,27,28)/t16-/m1/s1. The Morgan fingerprint density at radius 3 is 2.79 bits per heavy atom. The van der Waals surface area contributed by atoms with Gasteiger partial charge in [0, 0.05) is 24.0 Å². The number of carbonyl (C=O) groups is 1. The number of hydrogen-bond donors (Lipinski definition) is 1. The molecule has 0 aliphatic carbocycles. The Morgan fingerprint density at radius 2 is 2.09 bits per heavy atom. The Bertz CT molecular complexity index is 1350. The number of para-hydroxylation sites is 1. The summed E-state index contributed by atoms with van der Waals surface area (Å²) in [7, 11) is 0. The summed E-state index contributed by atoms with van der Waals surface area (Å²) in [5.74, 6) is -2.69. The van der Waals surface area contributed by atoms with Crippen molar-refractivity contribution >= 4 is 16.9 Å². The Labute approximate surface area is 184 Å². The summed E-state index contributed by atoms with van der Waals surface area (Å²) in [6.45, 7) is 2.27. The van der Waals surface area contributed by atoms with Crippen LogP contribution in [0.1, 0.15) is 65.6 Å². The Kier molecular flexibility index (Phi) is 4.80. The molecule has 11 heteroatoms. The Balaban J connectivity index is 1.63. The number of alkyl halides is 3. The van der Waals surface area contributed by atoms with Gasteiger partial charge in [-0.1, -0.05) is 12.1 Å². The first-order valence-corrected chi connectivity index (χ1v) is 10.1. The zero-order valence-corrected chi connectivity index (χ0v) is 17.5. The molecule has 1 atom stereocenters. The minimum absolute atomic E-state index is 0.00282. The molecule has 0 saturated carbocycles. The van der Waals surface area contributed by atoms with E-state index in [1.54, 1.807) is 12.1 Å². The number of nitrogens with zero attached hydrogens (tertiary/aromatic N) is 3. The zero-order valence-electron chi connectivity index (χ0n) is 17.5. The van der Waals surface area contributed by atoms with Gasteiger partial charge < -0.3 is 18.7 Å². The zero-order chi connectivity index (χ0) is 23.5. The smallest absolute Gasteiger partial charge is 0.292 e. The number of amides is 1. The molecule has 1 aliphatic heterocycles. The van der Waals surface area contributed by atoms with E-state index in [2.05, 4.69) is 15.0 Å². The maximum absolute atomic E-state index is 14.3. The number of hydrogen-bond acceptors (Lipinski definition) is 5. The first-order chi connectivity index (χ1) is 15.6. The SMILES string of the molecule is CC(C)(F)c1nc(C(F)F)c(C(=O)N2CCc3[nH]cnc3[C@H]2c2cc3cccc(F)c3o2)o1. The number of imidazole rings is 1. The molecule has 172 valence electrons. The van der Waals surface area contributed by atoms with Crippen LogP contribution in [0.4, 0.5) is 17.6 Å². The molecule has 1 N–H and O–H groups in total. The van der Waals surface area contributed by atoms with E-state index in [-0.39, 0.29) is 17.9 Å². The third-order valence-electron chi connectivity index (χ3n) is 5.53. The number of oxazole rings is 1. The number of aromatic nitrogens is 3. The van der Waals surface area contributed by atoms with E-state index in [9.17, 15) is 22.4 Å². The highest BCUT2D eigenvalue weighted by atomic mass is 19.3. The molecule has 3 aromatic heterocycles. The third-order valence-corrected chi connectivity index (χ3v) is 5.53. The van der Waals surface area contributed by atoms with Crippen molar-refractivity contribution < 1.29 is 31.2 Å². The minimum Gasteiger partial charge on any atom is -0.455 e. The number of halogens is 4. The second kappa shape index (κ2) is 7.46. The van der Waals surface area contributed by atoms with Crippen molar-refractivity contribution in [2.75, 3.05) is 6.54 Å². The third kappa shape index (κ3) is 3.47. The van der Waals surface area contributed by atoms with Crippen LogP contribution in [0.2, 0.25) is 0 Å². The molecule has 1 amide bonds. The molecule has 7 nitrogen and oxygen atoms in total. The van der Waals surface area contributed by atoms with Crippen LogP contribution in [-0.2, 0) is 12.1 Å². The average Bonchev–Trinajstić information content (AvgIpc) is 3.49. The number of rotatable bonds is 4. The van der Waals surface area contributed by atoms with E-state index >= 15 is 0 Å². The van der Waals surface area contributed by atoms with Crippen LogP contribution >= 0.6 is 0 Å². The second-order valence-electron chi connectivity index (χ2n) is 8.23. The van der Waals surface area contributed by atoms with Gasteiger partial charge in [-0.15, -0.1) is 0 Å². The van der Waals surface area contributed by atoms with Gasteiger partial charge >= 0.3 is 0 Å². The first-order valence-electron chi connectivity index (χ1n) is 10.1. The molecule has 0 fully saturated rings. The highest BCUT2D eigenvalue weighted by molar-refractivity contribution is 5.93. The van der Waals surface area contributed by atoms with Gasteiger partial charge in [-0.25, -0.2) is 27.5 Å². The number of H-pyrrole nitrogens is 1. The van der Waals surface area contributed by atoms with E-state index < -0.39 is 47.2 Å². The van der Waals surface area contributed by atoms with Gasteiger partial charge in [0.25, 0.3) is 12.3 Å². The molecule has 5 rings (SSSR count). The Morgan fingerprint density at radius 1 is 1.30 bits per heavy atom. The van der Waals surface area contributed by atoms with Crippen molar-refractivity contribution in [1.82, 2.24) is 19.9 Å². The molecule has 1 aliphatic rings. The maximum atomic E-state index is 14.3. The fraction of sp³-hybridized carbons (Fsp3) is 0.318. The predicted molar refractivity (Wildman–Crippen MR) is 107 cm³/mol. The quantitative estimate of drug-likeness (QED) is 0.421. The van der Waals surface area contributed by atoms with Crippen LogP contribution in [0.3, 0.4) is 0 Å². The van der Waals surface area contributed by atoms with Crippen molar-refractivity contribution in [3.05, 3.63) is 70.9 Å². The molecular weight excluding hydrogens is 444 g/mol. The number of furan rings is 1. The molecule has 0 unspecified atom stereocenters. The molecule has 4 heterocycles. The van der Waals surface area contributed by atoms with E-state index in [0.717, 1.165) is 19.5 Å². The van der Waals surface area contributed by atoms with Gasteiger partial charge in [0.05, 0.1) is 12.0 Å². The average molecular weight is 462 g/mol. The van der Waals surface area contributed by atoms with Crippen molar-refractivity contribution in [2.24, 2.45) is 0 Å². The van der Waals surface area contributed by atoms with Gasteiger partial charge in [-0.05, 0) is 26.0 Å². The molecule has 0 bridgehead atoms. The number of benzene rings is 1. The van der Waals surface area contributed by atoms with Crippen LogP contribution in [0.5, 0.6) is 0 Å². The van der Waals surface area contributed by atoms with Gasteiger partial charge in [0.1, 0.15) is 11.8 Å². The lowest BCUT2D eigenvalue weighted by atomic mass is 9.99. The largest absolute Gasteiger partial charge is 0.455 e. The lowest BCUT2D eigenvalue weighted by Crippen LogP contribution is -2.40. The van der Waals surface area contributed by atoms with Crippen molar-refractivity contribution in [1.29, 1.82) is 0 Å². The predicted octanol–water partition coefficient (Wildman–Crippen LogP) is 5.21. The van der Waals surface area contributed by atoms with E-state index in [1.165, 1.54) is 23.4 Å². The molecule has 0 spiro atoms. The number of fused-ring (bicyclic) bond motifs is 2. The Hall–Kier alpha value is -3.63. The summed E-state index contributed by atoms with van der Waals surface area (Å²) in [6.07, 6.45) is -1.36. The topological polar surface area (TPSA) is 88.2 Å². The van der Waals surface area contributed by atoms with E-state index in [0.29, 0.717) is 17.5 Å². The monoisotopic (exact) mass is 462 g/mol. The van der Waals surface area contributed by atoms with Crippen molar-refractivity contribution in [2.45, 2.75) is 38.4 Å². The highest BCUT2D eigenvalue weighted by Crippen LogP contribution is 2.39. The van der Waals surface area contributed by atoms with Crippen LogP contribution in [0.15, 0.2) is 39.4 Å². The van der Waals surface area contributed by atoms with Crippen LogP contribution in [-0.4, -0.2) is 32.3 Å². The van der Waals surface area contributed by atoms with Gasteiger partial charge in [0.15, 0.2) is 22.8 Å². The summed E-state index contributed by atoms with van der Waals surface area (Å²) in [5.41, 5.74) is -1.96. The molecule has 33 heavy (non-hydrogen) atoms. The van der Waals surface area contributed by atoms with Gasteiger partial charge in [0.2, 0.25) is 11.7 Å². The maximum Gasteiger partial charge on any atom is 0.292 e. The number of nitrogens with one attached hydrogen (secondary N) is 1. The first kappa shape index (κ1) is 21.2. The van der Waals surface area contributed by atoms with E-state index in [4.69, 9.17) is 8.83 Å². The molecule has 0 radical (unpaired) electrons. The lowest BCUT2D eigenvalue weighted by Gasteiger charge is -2.33. The summed E-state index contributed by atoms with van der Waals surface area (Å²) in [4.78, 5) is 25.5. The van der Waals surface area contributed by atoms with Crippen molar-refractivity contribution in [3.63, 3.8) is 0 Å².